The number of carbonyl (C=O) groups is 2. The highest BCUT2D eigenvalue weighted by Crippen LogP contribution is 2.28. The lowest BCUT2D eigenvalue weighted by Gasteiger charge is -2.24. The third-order valence-electron chi connectivity index (χ3n) is 5.15. The van der Waals surface area contributed by atoms with Crippen LogP contribution in [0.4, 0.5) is 0 Å². The predicted octanol–water partition coefficient (Wildman–Crippen LogP) is 1.18. The molecule has 9 nitrogen and oxygen atoms in total. The van der Waals surface area contributed by atoms with Gasteiger partial charge in [0.25, 0.3) is 10.0 Å². The first-order chi connectivity index (χ1) is 14.2. The molecule has 0 aliphatic carbocycles. The molecule has 2 aliphatic heterocycles. The van der Waals surface area contributed by atoms with Crippen LogP contribution in [0.2, 0.25) is 5.02 Å². The van der Waals surface area contributed by atoms with Crippen molar-refractivity contribution in [3.8, 4) is 11.8 Å². The summed E-state index contributed by atoms with van der Waals surface area (Å²) in [7, 11) is -4.00. The van der Waals surface area contributed by atoms with Crippen LogP contribution in [-0.4, -0.2) is 56.4 Å². The number of hydrogen-bond donors (Lipinski definition) is 2. The van der Waals surface area contributed by atoms with Crippen molar-refractivity contribution >= 4 is 33.4 Å². The average Bonchev–Trinajstić information content (AvgIpc) is 3.35. The number of nitriles is 1. The molecule has 2 heterocycles. The average molecular weight is 455 g/mol. The van der Waals surface area contributed by atoms with Gasteiger partial charge in [0.1, 0.15) is 18.4 Å². The number of halogens is 1. The summed E-state index contributed by atoms with van der Waals surface area (Å²) in [6, 6.07) is 5.26. The third kappa shape index (κ3) is 5.03. The van der Waals surface area contributed by atoms with Crippen LogP contribution in [0.3, 0.4) is 0 Å². The van der Waals surface area contributed by atoms with E-state index < -0.39 is 15.9 Å². The van der Waals surface area contributed by atoms with Gasteiger partial charge in [-0.1, -0.05) is 11.6 Å². The second-order valence-corrected chi connectivity index (χ2v) is 9.47. The van der Waals surface area contributed by atoms with Gasteiger partial charge in [0.15, 0.2) is 0 Å². The number of hydrogen-bond acceptors (Lipinski definition) is 7. The Morgan fingerprint density at radius 1 is 1.37 bits per heavy atom. The summed E-state index contributed by atoms with van der Waals surface area (Å²) in [4.78, 5) is 25.3. The van der Waals surface area contributed by atoms with Crippen LogP contribution in [0.25, 0.3) is 0 Å². The normalized spacial score (nSPS) is 23.8. The summed E-state index contributed by atoms with van der Waals surface area (Å²) >= 11 is 6.12. The Hall–Kier alpha value is -2.35. The first-order valence-electron chi connectivity index (χ1n) is 9.63. The molecule has 0 radical (unpaired) electrons. The Bertz CT molecular complexity index is 978. The number of ether oxygens (including phenoxy) is 1. The molecule has 30 heavy (non-hydrogen) atoms. The van der Waals surface area contributed by atoms with Gasteiger partial charge < -0.3 is 9.64 Å². The molecule has 2 fully saturated rings. The topological polar surface area (TPSA) is 129 Å². The highest BCUT2D eigenvalue weighted by molar-refractivity contribution is 7.90. The van der Waals surface area contributed by atoms with Crippen LogP contribution in [0.5, 0.6) is 5.75 Å². The van der Waals surface area contributed by atoms with Crippen LogP contribution in [-0.2, 0) is 19.6 Å². The van der Waals surface area contributed by atoms with Crippen LogP contribution >= 0.6 is 11.6 Å². The molecule has 1 aromatic rings. The van der Waals surface area contributed by atoms with Crippen LogP contribution in [0.1, 0.15) is 32.6 Å². The Balaban J connectivity index is 1.60. The van der Waals surface area contributed by atoms with E-state index in [9.17, 15) is 23.3 Å². The van der Waals surface area contributed by atoms with Crippen LogP contribution < -0.4 is 14.8 Å². The fourth-order valence-corrected chi connectivity index (χ4v) is 4.89. The van der Waals surface area contributed by atoms with Crippen LogP contribution in [0.15, 0.2) is 23.1 Å². The summed E-state index contributed by atoms with van der Waals surface area (Å²) in [6.07, 6.45) is 2.87. The highest BCUT2D eigenvalue weighted by atomic mass is 35.5. The molecular weight excluding hydrogens is 432 g/mol. The third-order valence-corrected chi connectivity index (χ3v) is 6.90. The number of rotatable bonds is 6. The number of amides is 2. The van der Waals surface area contributed by atoms with Gasteiger partial charge in [0.2, 0.25) is 11.8 Å². The minimum Gasteiger partial charge on any atom is -0.490 e. The quantitative estimate of drug-likeness (QED) is 0.660. The first-order valence-corrected chi connectivity index (χ1v) is 11.5. The molecule has 2 amide bonds. The van der Waals surface area contributed by atoms with E-state index in [0.29, 0.717) is 25.8 Å². The van der Waals surface area contributed by atoms with Crippen molar-refractivity contribution in [2.75, 3.05) is 13.2 Å². The summed E-state index contributed by atoms with van der Waals surface area (Å²) < 4.78 is 31.9. The molecule has 3 rings (SSSR count). The number of carbonyl (C=O) groups excluding carboxylic acids is 2. The zero-order chi connectivity index (χ0) is 21.9. The molecular formula is C19H23ClN4O5S. The Morgan fingerprint density at radius 3 is 2.83 bits per heavy atom. The Morgan fingerprint density at radius 2 is 2.13 bits per heavy atom. The van der Waals surface area contributed by atoms with E-state index in [1.54, 1.807) is 4.90 Å². The Kier molecular flexibility index (Phi) is 6.85. The van der Waals surface area contributed by atoms with Crippen molar-refractivity contribution in [2.45, 2.75) is 55.6 Å². The van der Waals surface area contributed by atoms with Crippen molar-refractivity contribution in [3.05, 3.63) is 23.2 Å². The minimum atomic E-state index is -4.00. The molecule has 162 valence electrons. The zero-order valence-electron chi connectivity index (χ0n) is 16.4. The Labute approximate surface area is 180 Å². The van der Waals surface area contributed by atoms with Gasteiger partial charge in [-0.25, -0.2) is 13.1 Å². The first kappa shape index (κ1) is 22.3. The van der Waals surface area contributed by atoms with Crippen LogP contribution in [0, 0.1) is 11.3 Å². The molecule has 2 N–H and O–H groups in total. The zero-order valence-corrected chi connectivity index (χ0v) is 18.0. The summed E-state index contributed by atoms with van der Waals surface area (Å²) in [6.45, 7) is 1.89. The smallest absolute Gasteiger partial charge is 0.264 e. The number of nitrogens with one attached hydrogen (secondary N) is 2. The van der Waals surface area contributed by atoms with Gasteiger partial charge >= 0.3 is 0 Å². The number of nitrogens with zero attached hydrogens (tertiary/aromatic N) is 2. The second-order valence-electron chi connectivity index (χ2n) is 7.38. The fraction of sp³-hybridized carbons (Fsp3) is 0.526. The van der Waals surface area contributed by atoms with Crippen molar-refractivity contribution in [3.63, 3.8) is 0 Å². The van der Waals surface area contributed by atoms with E-state index in [4.69, 9.17) is 16.3 Å². The van der Waals surface area contributed by atoms with Crippen molar-refractivity contribution in [2.24, 2.45) is 0 Å². The minimum absolute atomic E-state index is 0.0667. The van der Waals surface area contributed by atoms with Crippen molar-refractivity contribution < 1.29 is 22.7 Å². The standard InChI is InChI=1S/C19H23ClN4O5S/c1-12(25)23-30(27,28)15-5-6-16(20)18(9-15)29-11-13-4-7-17(22-13)19(26)24-8-2-3-14(24)10-21/h5-6,9,13-14,17,22H,2-4,7-8,11H2,1H3,(H,23,25)/t13-,14+,17+/m1/s1. The molecule has 2 aliphatic rings. The maximum Gasteiger partial charge on any atom is 0.264 e. The molecule has 1 aromatic carbocycles. The maximum absolute atomic E-state index is 12.7. The summed E-state index contributed by atoms with van der Waals surface area (Å²) in [5.41, 5.74) is 0. The van der Waals surface area contributed by atoms with Gasteiger partial charge in [-0.3, -0.25) is 14.9 Å². The SMILES string of the molecule is CC(=O)NS(=O)(=O)c1ccc(Cl)c(OC[C@H]2CC[C@@H](C(=O)N3CCC[C@H]3C#N)N2)c1. The van der Waals surface area contributed by atoms with E-state index in [1.807, 2.05) is 4.72 Å². The number of likely N-dealkylation sites (tertiary alicyclic amines) is 1. The van der Waals surface area contributed by atoms with Gasteiger partial charge in [-0.2, -0.15) is 5.26 Å². The number of benzene rings is 1. The molecule has 0 unspecified atom stereocenters. The lowest BCUT2D eigenvalue weighted by atomic mass is 10.1. The van der Waals surface area contributed by atoms with Gasteiger partial charge in [-0.05, 0) is 37.8 Å². The fourth-order valence-electron chi connectivity index (χ4n) is 3.71. The van der Waals surface area contributed by atoms with E-state index in [-0.39, 0.29) is 46.3 Å². The molecule has 3 atom stereocenters. The van der Waals surface area contributed by atoms with Gasteiger partial charge in [0, 0.05) is 25.6 Å². The molecule has 2 saturated heterocycles. The van der Waals surface area contributed by atoms with E-state index >= 15 is 0 Å². The second kappa shape index (κ2) is 9.20. The van der Waals surface area contributed by atoms with E-state index in [1.165, 1.54) is 18.2 Å². The van der Waals surface area contributed by atoms with E-state index in [2.05, 4.69) is 11.4 Å². The largest absolute Gasteiger partial charge is 0.490 e. The number of sulfonamides is 1. The predicted molar refractivity (Wildman–Crippen MR) is 108 cm³/mol. The lowest BCUT2D eigenvalue weighted by molar-refractivity contribution is -0.133. The molecule has 0 bridgehead atoms. The molecule has 0 saturated carbocycles. The molecule has 0 spiro atoms. The maximum atomic E-state index is 12.7. The van der Waals surface area contributed by atoms with Crippen molar-refractivity contribution in [1.29, 1.82) is 5.26 Å². The summed E-state index contributed by atoms with van der Waals surface area (Å²) in [5, 5.41) is 12.6. The van der Waals surface area contributed by atoms with Crippen molar-refractivity contribution in [1.82, 2.24) is 14.9 Å². The lowest BCUT2D eigenvalue weighted by Crippen LogP contribution is -2.47. The van der Waals surface area contributed by atoms with Gasteiger partial charge in [0.05, 0.1) is 22.0 Å². The summed E-state index contributed by atoms with van der Waals surface area (Å²) in [5.74, 6) is -0.596. The molecule has 11 heteroatoms. The monoisotopic (exact) mass is 454 g/mol. The van der Waals surface area contributed by atoms with E-state index in [0.717, 1.165) is 13.3 Å². The highest BCUT2D eigenvalue weighted by Gasteiger charge is 2.37. The van der Waals surface area contributed by atoms with Gasteiger partial charge in [-0.15, -0.1) is 0 Å². The molecule has 0 aromatic heterocycles.